The molecule has 1 aliphatic heterocycles. The van der Waals surface area contributed by atoms with E-state index in [-0.39, 0.29) is 29.3 Å². The Morgan fingerprint density at radius 3 is 2.59 bits per heavy atom. The molecule has 2 aliphatic rings. The Kier molecular flexibility index (Phi) is 4.89. The molecule has 27 heavy (non-hydrogen) atoms. The molecule has 144 valence electrons. The van der Waals surface area contributed by atoms with Crippen molar-refractivity contribution in [1.82, 2.24) is 0 Å². The van der Waals surface area contributed by atoms with E-state index in [9.17, 15) is 9.59 Å². The third-order valence-electron chi connectivity index (χ3n) is 5.31. The molecule has 1 heterocycles. The molecule has 0 aromatic heterocycles. The predicted octanol–water partition coefficient (Wildman–Crippen LogP) is 3.79. The molecular weight excluding hydrogens is 342 g/mol. The van der Waals surface area contributed by atoms with Crippen LogP contribution in [-0.4, -0.2) is 18.4 Å². The summed E-state index contributed by atoms with van der Waals surface area (Å²) in [7, 11) is 0. The fourth-order valence-electron chi connectivity index (χ4n) is 3.87. The van der Waals surface area contributed by atoms with Crippen LogP contribution in [0.2, 0.25) is 0 Å². The van der Waals surface area contributed by atoms with Crippen LogP contribution >= 0.6 is 0 Å². The molecule has 1 aliphatic carbocycles. The zero-order valence-electron chi connectivity index (χ0n) is 16.6. The van der Waals surface area contributed by atoms with Crippen molar-refractivity contribution in [3.05, 3.63) is 57.7 Å². The first-order valence-corrected chi connectivity index (χ1v) is 9.32. The molecule has 0 saturated heterocycles. The van der Waals surface area contributed by atoms with Crippen LogP contribution in [0.25, 0.3) is 0 Å². The van der Waals surface area contributed by atoms with Gasteiger partial charge in [0.25, 0.3) is 0 Å². The van der Waals surface area contributed by atoms with Crippen molar-refractivity contribution < 1.29 is 19.1 Å². The molecule has 1 unspecified atom stereocenters. The summed E-state index contributed by atoms with van der Waals surface area (Å²) in [6, 6.07) is 5.95. The van der Waals surface area contributed by atoms with Gasteiger partial charge in [-0.25, -0.2) is 4.79 Å². The first kappa shape index (κ1) is 19.2. The van der Waals surface area contributed by atoms with E-state index >= 15 is 0 Å². The van der Waals surface area contributed by atoms with Gasteiger partial charge < -0.3 is 15.2 Å². The van der Waals surface area contributed by atoms with Gasteiger partial charge in [0.1, 0.15) is 11.3 Å². The summed E-state index contributed by atoms with van der Waals surface area (Å²) in [4.78, 5) is 25.7. The number of benzene rings is 1. The quantitative estimate of drug-likeness (QED) is 0.820. The lowest BCUT2D eigenvalue weighted by molar-refractivity contribution is -0.139. The summed E-state index contributed by atoms with van der Waals surface area (Å²) in [5, 5.41) is 0. The van der Waals surface area contributed by atoms with Crippen LogP contribution < -0.4 is 5.73 Å². The Balaban J connectivity index is 2.20. The number of hydrogen-bond donors (Lipinski definition) is 1. The number of hydrogen-bond acceptors (Lipinski definition) is 5. The lowest BCUT2D eigenvalue weighted by Crippen LogP contribution is -2.35. The lowest BCUT2D eigenvalue weighted by atomic mass is 9.70. The molecule has 0 amide bonds. The molecule has 1 aromatic carbocycles. The number of nitrogens with two attached hydrogens (primary N) is 1. The van der Waals surface area contributed by atoms with Gasteiger partial charge >= 0.3 is 5.97 Å². The van der Waals surface area contributed by atoms with E-state index in [2.05, 4.69) is 0 Å². The number of Topliss-reactive ketones (excluding diaryl/α,β-unsaturated/α-hetero) is 1. The second kappa shape index (κ2) is 6.87. The number of ketones is 1. The third kappa shape index (κ3) is 3.51. The van der Waals surface area contributed by atoms with Crippen LogP contribution in [0.4, 0.5) is 0 Å². The van der Waals surface area contributed by atoms with E-state index in [1.807, 2.05) is 45.9 Å². The molecule has 5 nitrogen and oxygen atoms in total. The van der Waals surface area contributed by atoms with Gasteiger partial charge in [0.2, 0.25) is 5.88 Å². The maximum Gasteiger partial charge on any atom is 0.340 e. The number of allylic oxidation sites excluding steroid dienone is 2. The molecule has 0 saturated carbocycles. The van der Waals surface area contributed by atoms with Gasteiger partial charge in [-0.1, -0.05) is 32.0 Å². The molecular formula is C22H27NO4. The predicted molar refractivity (Wildman–Crippen MR) is 103 cm³/mol. The Morgan fingerprint density at radius 2 is 1.96 bits per heavy atom. The largest absolute Gasteiger partial charge is 0.462 e. The van der Waals surface area contributed by atoms with Crippen molar-refractivity contribution in [3.63, 3.8) is 0 Å². The van der Waals surface area contributed by atoms with E-state index in [0.717, 1.165) is 16.7 Å². The van der Waals surface area contributed by atoms with Crippen LogP contribution in [0.15, 0.2) is 41.0 Å². The summed E-state index contributed by atoms with van der Waals surface area (Å²) in [6.45, 7) is 10.1. The molecule has 1 aromatic rings. The smallest absolute Gasteiger partial charge is 0.340 e. The van der Waals surface area contributed by atoms with E-state index in [4.69, 9.17) is 15.2 Å². The molecule has 5 heteroatoms. The Morgan fingerprint density at radius 1 is 1.26 bits per heavy atom. The van der Waals surface area contributed by atoms with E-state index < -0.39 is 11.9 Å². The normalized spacial score (nSPS) is 21.7. The van der Waals surface area contributed by atoms with Crippen molar-refractivity contribution in [2.75, 3.05) is 6.61 Å². The maximum absolute atomic E-state index is 13.1. The van der Waals surface area contributed by atoms with Gasteiger partial charge in [0.15, 0.2) is 5.78 Å². The molecule has 3 rings (SSSR count). The second-order valence-corrected chi connectivity index (χ2v) is 8.15. The van der Waals surface area contributed by atoms with Gasteiger partial charge in [-0.15, -0.1) is 0 Å². The number of aryl methyl sites for hydroxylation is 2. The third-order valence-corrected chi connectivity index (χ3v) is 5.31. The number of ether oxygens (including phenoxy) is 2. The average Bonchev–Trinajstić information content (AvgIpc) is 2.55. The summed E-state index contributed by atoms with van der Waals surface area (Å²) >= 11 is 0. The van der Waals surface area contributed by atoms with Gasteiger partial charge in [0.05, 0.1) is 12.5 Å². The summed E-state index contributed by atoms with van der Waals surface area (Å²) < 4.78 is 11.0. The minimum atomic E-state index is -0.560. The number of carbonyl (C=O) groups is 2. The Hall–Kier alpha value is -2.56. The molecule has 0 spiro atoms. The second-order valence-electron chi connectivity index (χ2n) is 8.15. The molecule has 0 bridgehead atoms. The highest BCUT2D eigenvalue weighted by molar-refractivity contribution is 6.03. The van der Waals surface area contributed by atoms with E-state index in [1.165, 1.54) is 0 Å². The molecule has 1 atom stereocenters. The fraction of sp³-hybridized carbons (Fsp3) is 0.455. The molecule has 2 N–H and O–H groups in total. The van der Waals surface area contributed by atoms with Crippen molar-refractivity contribution in [3.8, 4) is 0 Å². The average molecular weight is 369 g/mol. The monoisotopic (exact) mass is 369 g/mol. The van der Waals surface area contributed by atoms with E-state index in [1.54, 1.807) is 6.92 Å². The Bertz CT molecular complexity index is 876. The van der Waals surface area contributed by atoms with Gasteiger partial charge in [-0.3, -0.25) is 4.79 Å². The SMILES string of the molecule is CCOC(=O)C1=C(N)OC2=C(C(=O)CC(C)(C)C2)C1c1ccc(C)c(C)c1. The van der Waals surface area contributed by atoms with Gasteiger partial charge in [-0.2, -0.15) is 0 Å². The van der Waals surface area contributed by atoms with Crippen LogP contribution in [0.3, 0.4) is 0 Å². The van der Waals surface area contributed by atoms with Crippen molar-refractivity contribution in [1.29, 1.82) is 0 Å². The highest BCUT2D eigenvalue weighted by Gasteiger charge is 2.45. The number of rotatable bonds is 3. The number of carbonyl (C=O) groups excluding carboxylic acids is 2. The van der Waals surface area contributed by atoms with Crippen LogP contribution in [-0.2, 0) is 19.1 Å². The van der Waals surface area contributed by atoms with Gasteiger partial charge in [0, 0.05) is 18.4 Å². The van der Waals surface area contributed by atoms with Crippen molar-refractivity contribution >= 4 is 11.8 Å². The highest BCUT2D eigenvalue weighted by Crippen LogP contribution is 2.48. The van der Waals surface area contributed by atoms with Crippen molar-refractivity contribution in [2.45, 2.75) is 53.4 Å². The summed E-state index contributed by atoms with van der Waals surface area (Å²) in [5.41, 5.74) is 9.79. The topological polar surface area (TPSA) is 78.6 Å². The summed E-state index contributed by atoms with van der Waals surface area (Å²) in [5.74, 6) is -0.497. The lowest BCUT2D eigenvalue weighted by Gasteiger charge is -2.38. The minimum Gasteiger partial charge on any atom is -0.462 e. The number of esters is 1. The van der Waals surface area contributed by atoms with Crippen LogP contribution in [0.1, 0.15) is 56.2 Å². The molecule has 0 fully saturated rings. The first-order chi connectivity index (χ1) is 12.6. The van der Waals surface area contributed by atoms with E-state index in [0.29, 0.717) is 24.2 Å². The van der Waals surface area contributed by atoms with Crippen LogP contribution in [0.5, 0.6) is 0 Å². The zero-order valence-corrected chi connectivity index (χ0v) is 16.6. The van der Waals surface area contributed by atoms with Crippen LogP contribution in [0, 0.1) is 19.3 Å². The Labute approximate surface area is 160 Å². The first-order valence-electron chi connectivity index (χ1n) is 9.32. The fourth-order valence-corrected chi connectivity index (χ4v) is 3.87. The summed E-state index contributed by atoms with van der Waals surface area (Å²) in [6.07, 6.45) is 1.01. The molecule has 0 radical (unpaired) electrons. The standard InChI is InChI=1S/C22H27NO4/c1-6-26-21(25)19-17(14-8-7-12(2)13(3)9-14)18-15(24)10-22(4,5)11-16(18)27-20(19)23/h7-9,17H,6,10-11,23H2,1-5H3. The zero-order chi connectivity index (χ0) is 19.9. The highest BCUT2D eigenvalue weighted by atomic mass is 16.5. The maximum atomic E-state index is 13.1. The van der Waals surface area contributed by atoms with Crippen molar-refractivity contribution in [2.24, 2.45) is 11.1 Å². The minimum absolute atomic E-state index is 0.00113. The van der Waals surface area contributed by atoms with Gasteiger partial charge in [-0.05, 0) is 42.9 Å².